The van der Waals surface area contributed by atoms with Gasteiger partial charge in [0, 0.05) is 5.41 Å². The van der Waals surface area contributed by atoms with Gasteiger partial charge >= 0.3 is 0 Å². The van der Waals surface area contributed by atoms with Gasteiger partial charge in [-0.1, -0.05) is 57.8 Å². The van der Waals surface area contributed by atoms with Crippen LogP contribution in [0.3, 0.4) is 0 Å². The Morgan fingerprint density at radius 1 is 0.500 bits per heavy atom. The van der Waals surface area contributed by atoms with Crippen molar-refractivity contribution in [2.24, 2.45) is 25.4 Å². The fraction of sp³-hybridized carbons (Fsp3) is 0.846. The number of rotatable bonds is 10. The molecule has 3 saturated carbocycles. The average Bonchev–Trinajstić information content (AvgIpc) is 2.85. The lowest BCUT2D eigenvalue weighted by atomic mass is 9.59. The van der Waals surface area contributed by atoms with Gasteiger partial charge in [-0.2, -0.15) is 9.98 Å². The third-order valence-electron chi connectivity index (χ3n) is 8.81. The molecule has 2 atom stereocenters. The molecule has 184 valence electrons. The van der Waals surface area contributed by atoms with Crippen molar-refractivity contribution in [3.8, 4) is 0 Å². The molecule has 3 fully saturated rings. The number of nitrogens with zero attached hydrogens (tertiary/aromatic N) is 4. The van der Waals surface area contributed by atoms with Gasteiger partial charge in [0.05, 0.1) is 23.2 Å². The topological polar surface area (TPSA) is 118 Å². The van der Waals surface area contributed by atoms with Crippen molar-refractivity contribution in [2.75, 3.05) is 0 Å². The van der Waals surface area contributed by atoms with Crippen molar-refractivity contribution < 1.29 is 19.2 Å². The van der Waals surface area contributed by atoms with Crippen molar-refractivity contribution in [3.63, 3.8) is 0 Å². The van der Waals surface area contributed by atoms with Crippen LogP contribution in [0.4, 0.5) is 0 Å². The Balaban J connectivity index is 2.04. The van der Waals surface area contributed by atoms with Gasteiger partial charge in [0.1, 0.15) is 0 Å². The molecule has 0 heterocycles. The van der Waals surface area contributed by atoms with Gasteiger partial charge < -0.3 is 0 Å². The van der Waals surface area contributed by atoms with E-state index in [4.69, 9.17) is 0 Å². The lowest BCUT2D eigenvalue weighted by molar-refractivity contribution is 0.0659. The molecule has 0 N–H and O–H groups in total. The number of carbonyl (C=O) groups excluding carboxylic acids is 4. The van der Waals surface area contributed by atoms with Gasteiger partial charge in [-0.25, -0.2) is 29.2 Å². The summed E-state index contributed by atoms with van der Waals surface area (Å²) >= 11 is 0. The molecule has 3 aliphatic rings. The predicted molar refractivity (Wildman–Crippen MR) is 126 cm³/mol. The highest BCUT2D eigenvalue weighted by Gasteiger charge is 2.52. The standard InChI is InChI=1S/C26H36N4O4/c31-18-27-22(16-24(29-20-33)10-4-1-5-11-24)26(14-8-3-9-15-26)23(28-19-32)17-25(30-21-34)12-6-2-7-13-25/h22-23H,1-17H2. The molecule has 8 nitrogen and oxygen atoms in total. The molecule has 2 unspecified atom stereocenters. The van der Waals surface area contributed by atoms with Crippen molar-refractivity contribution in [1.29, 1.82) is 0 Å². The monoisotopic (exact) mass is 468 g/mol. The molecular formula is C26H36N4O4. The highest BCUT2D eigenvalue weighted by molar-refractivity contribution is 5.38. The van der Waals surface area contributed by atoms with Crippen LogP contribution in [0.15, 0.2) is 20.0 Å². The maximum Gasteiger partial charge on any atom is 0.235 e. The zero-order valence-corrected chi connectivity index (χ0v) is 20.1. The molecule has 8 heteroatoms. The van der Waals surface area contributed by atoms with E-state index >= 15 is 0 Å². The average molecular weight is 469 g/mol. The molecule has 0 bridgehead atoms. The Hall–Kier alpha value is -2.48. The van der Waals surface area contributed by atoms with Crippen molar-refractivity contribution >= 4 is 24.3 Å². The third-order valence-corrected chi connectivity index (χ3v) is 8.81. The molecule has 0 aromatic carbocycles. The zero-order valence-electron chi connectivity index (χ0n) is 20.1. The Morgan fingerprint density at radius 3 is 1.18 bits per heavy atom. The fourth-order valence-corrected chi connectivity index (χ4v) is 7.04. The van der Waals surface area contributed by atoms with E-state index in [-0.39, 0.29) is 0 Å². The third kappa shape index (κ3) is 5.95. The molecular weight excluding hydrogens is 432 g/mol. The van der Waals surface area contributed by atoms with Crippen LogP contribution in [0.1, 0.15) is 109 Å². The summed E-state index contributed by atoms with van der Waals surface area (Å²) in [6.45, 7) is 0. The van der Waals surface area contributed by atoms with Gasteiger partial charge in [-0.3, -0.25) is 0 Å². The zero-order chi connectivity index (χ0) is 24.3. The van der Waals surface area contributed by atoms with E-state index in [1.807, 2.05) is 0 Å². The number of hydrogen-bond donors (Lipinski definition) is 0. The quantitative estimate of drug-likeness (QED) is 0.323. The first kappa shape index (κ1) is 26.1. The lowest BCUT2D eigenvalue weighted by Crippen LogP contribution is -2.51. The first-order valence-electron chi connectivity index (χ1n) is 12.9. The van der Waals surface area contributed by atoms with E-state index in [0.29, 0.717) is 12.8 Å². The van der Waals surface area contributed by atoms with Gasteiger partial charge in [0.2, 0.25) is 24.3 Å². The number of hydrogen-bond acceptors (Lipinski definition) is 8. The minimum absolute atomic E-state index is 0.437. The van der Waals surface area contributed by atoms with E-state index < -0.39 is 28.6 Å². The van der Waals surface area contributed by atoms with E-state index in [0.717, 1.165) is 96.3 Å². The highest BCUT2D eigenvalue weighted by Crippen LogP contribution is 2.52. The van der Waals surface area contributed by atoms with Gasteiger partial charge in [0.25, 0.3) is 0 Å². The van der Waals surface area contributed by atoms with Gasteiger partial charge in [-0.05, 0) is 51.4 Å². The fourth-order valence-electron chi connectivity index (χ4n) is 7.04. The van der Waals surface area contributed by atoms with Crippen LogP contribution < -0.4 is 0 Å². The van der Waals surface area contributed by atoms with Crippen LogP contribution >= 0.6 is 0 Å². The van der Waals surface area contributed by atoms with Crippen LogP contribution in [-0.4, -0.2) is 47.5 Å². The molecule has 3 rings (SSSR count). The van der Waals surface area contributed by atoms with Crippen LogP contribution in [-0.2, 0) is 19.2 Å². The summed E-state index contributed by atoms with van der Waals surface area (Å²) in [6.07, 6.45) is 21.5. The molecule has 0 radical (unpaired) electrons. The Labute approximate surface area is 201 Å². The van der Waals surface area contributed by atoms with E-state index in [9.17, 15) is 19.2 Å². The second kappa shape index (κ2) is 12.3. The van der Waals surface area contributed by atoms with Crippen LogP contribution in [0.5, 0.6) is 0 Å². The molecule has 0 aromatic rings. The summed E-state index contributed by atoms with van der Waals surface area (Å²) in [6, 6.07) is -0.966. The van der Waals surface area contributed by atoms with Crippen LogP contribution in [0.2, 0.25) is 0 Å². The first-order chi connectivity index (χ1) is 16.6. The smallest absolute Gasteiger partial charge is 0.211 e. The minimum atomic E-state index is -0.603. The highest BCUT2D eigenvalue weighted by atomic mass is 16.1. The maximum absolute atomic E-state index is 11.7. The van der Waals surface area contributed by atoms with Gasteiger partial charge in [0.15, 0.2) is 0 Å². The molecule has 0 saturated heterocycles. The van der Waals surface area contributed by atoms with Crippen molar-refractivity contribution in [2.45, 2.75) is 132 Å². The molecule has 0 amide bonds. The minimum Gasteiger partial charge on any atom is -0.211 e. The number of aliphatic imine (C=N–C) groups is 4. The largest absolute Gasteiger partial charge is 0.235 e. The summed E-state index contributed by atoms with van der Waals surface area (Å²) in [5.74, 6) is 0. The Kier molecular flexibility index (Phi) is 9.45. The molecule has 34 heavy (non-hydrogen) atoms. The maximum atomic E-state index is 11.7. The molecule has 3 aliphatic carbocycles. The van der Waals surface area contributed by atoms with Gasteiger partial charge in [-0.15, -0.1) is 0 Å². The molecule has 0 aliphatic heterocycles. The van der Waals surface area contributed by atoms with E-state index in [2.05, 4.69) is 20.0 Å². The second-order valence-electron chi connectivity index (χ2n) is 10.7. The normalized spacial score (nSPS) is 24.6. The number of isocyanates is 4. The SMILES string of the molecule is O=C=NC(CC1(N=C=O)CCCCC1)C1(C(CC2(N=C=O)CCCCC2)N=C=O)CCCCC1. The first-order valence-corrected chi connectivity index (χ1v) is 12.9. The van der Waals surface area contributed by atoms with Crippen molar-refractivity contribution in [1.82, 2.24) is 0 Å². The lowest BCUT2D eigenvalue weighted by Gasteiger charge is -2.49. The summed E-state index contributed by atoms with van der Waals surface area (Å²) in [7, 11) is 0. The molecule has 0 aromatic heterocycles. The van der Waals surface area contributed by atoms with E-state index in [1.54, 1.807) is 24.3 Å². The Morgan fingerprint density at radius 2 is 0.853 bits per heavy atom. The van der Waals surface area contributed by atoms with Crippen LogP contribution in [0, 0.1) is 5.41 Å². The summed E-state index contributed by atoms with van der Waals surface area (Å²) in [5.41, 5.74) is -1.78. The molecule has 0 spiro atoms. The summed E-state index contributed by atoms with van der Waals surface area (Å²) in [4.78, 5) is 63.2. The van der Waals surface area contributed by atoms with Crippen molar-refractivity contribution in [3.05, 3.63) is 0 Å². The van der Waals surface area contributed by atoms with Crippen LogP contribution in [0.25, 0.3) is 0 Å². The summed E-state index contributed by atoms with van der Waals surface area (Å²) in [5, 5.41) is 0. The predicted octanol–water partition coefficient (Wildman–Crippen LogP) is 5.20. The Bertz CT molecular complexity index is 808. The second-order valence-corrected chi connectivity index (χ2v) is 10.7. The van der Waals surface area contributed by atoms with E-state index in [1.165, 1.54) is 0 Å². The summed E-state index contributed by atoms with van der Waals surface area (Å²) < 4.78 is 0.